The monoisotopic (exact) mass is 449 g/mol. The van der Waals surface area contributed by atoms with Gasteiger partial charge >= 0.3 is 6.18 Å². The molecule has 1 amide bonds. The van der Waals surface area contributed by atoms with Crippen LogP contribution < -0.4 is 10.2 Å². The summed E-state index contributed by atoms with van der Waals surface area (Å²) in [7, 11) is 0. The predicted octanol–water partition coefficient (Wildman–Crippen LogP) is 5.50. The molecule has 0 bridgehead atoms. The van der Waals surface area contributed by atoms with Crippen molar-refractivity contribution in [3.63, 3.8) is 0 Å². The number of halogens is 3. The third-order valence-electron chi connectivity index (χ3n) is 5.44. The SMILES string of the molecule is Cc1ccn(-c2ccc(C(=O)N3Cc4cccnc4Nc4ccccc43)c(C(F)(F)F)c2)n1. The second-order valence-corrected chi connectivity index (χ2v) is 7.67. The number of alkyl halides is 3. The lowest BCUT2D eigenvalue weighted by Crippen LogP contribution is -2.32. The van der Waals surface area contributed by atoms with Gasteiger partial charge in [-0.2, -0.15) is 18.3 Å². The number of hydrogen-bond donors (Lipinski definition) is 1. The van der Waals surface area contributed by atoms with Gasteiger partial charge in [0, 0.05) is 18.0 Å². The molecule has 0 atom stereocenters. The molecule has 4 aromatic rings. The highest BCUT2D eigenvalue weighted by Crippen LogP contribution is 2.38. The summed E-state index contributed by atoms with van der Waals surface area (Å²) < 4.78 is 43.6. The van der Waals surface area contributed by atoms with Crippen LogP contribution in [0.2, 0.25) is 0 Å². The van der Waals surface area contributed by atoms with Crippen LogP contribution in [0.5, 0.6) is 0 Å². The zero-order chi connectivity index (χ0) is 23.2. The Balaban J connectivity index is 1.63. The summed E-state index contributed by atoms with van der Waals surface area (Å²) in [6, 6.07) is 15.8. The summed E-state index contributed by atoms with van der Waals surface area (Å²) >= 11 is 0. The van der Waals surface area contributed by atoms with E-state index in [4.69, 9.17) is 0 Å². The lowest BCUT2D eigenvalue weighted by atomic mass is 10.0. The lowest BCUT2D eigenvalue weighted by Gasteiger charge is -2.24. The first kappa shape index (κ1) is 20.7. The minimum Gasteiger partial charge on any atom is -0.338 e. The zero-order valence-corrected chi connectivity index (χ0v) is 17.5. The van der Waals surface area contributed by atoms with Crippen molar-refractivity contribution >= 4 is 23.1 Å². The fourth-order valence-electron chi connectivity index (χ4n) is 3.86. The number of amides is 1. The Hall–Kier alpha value is -4.14. The van der Waals surface area contributed by atoms with Gasteiger partial charge in [-0.3, -0.25) is 4.79 Å². The van der Waals surface area contributed by atoms with Crippen molar-refractivity contribution in [3.05, 3.63) is 95.4 Å². The van der Waals surface area contributed by atoms with Gasteiger partial charge in [0.25, 0.3) is 5.91 Å². The summed E-state index contributed by atoms with van der Waals surface area (Å²) in [6.07, 6.45) is -1.54. The van der Waals surface area contributed by atoms with Crippen molar-refractivity contribution in [2.45, 2.75) is 19.6 Å². The summed E-state index contributed by atoms with van der Waals surface area (Å²) in [5, 5.41) is 7.35. The van der Waals surface area contributed by atoms with Gasteiger partial charge in [0.2, 0.25) is 0 Å². The molecule has 9 heteroatoms. The summed E-state index contributed by atoms with van der Waals surface area (Å²) in [5.74, 6) is -0.197. The van der Waals surface area contributed by atoms with E-state index in [2.05, 4.69) is 15.4 Å². The Morgan fingerprint density at radius 3 is 2.64 bits per heavy atom. The van der Waals surface area contributed by atoms with Crippen LogP contribution >= 0.6 is 0 Å². The number of carbonyl (C=O) groups excluding carboxylic acids is 1. The Bertz CT molecular complexity index is 1360. The minimum absolute atomic E-state index is 0.0728. The average Bonchev–Trinajstić information content (AvgIpc) is 3.16. The number of rotatable bonds is 2. The molecule has 2 aromatic carbocycles. The largest absolute Gasteiger partial charge is 0.417 e. The summed E-state index contributed by atoms with van der Waals surface area (Å²) in [4.78, 5) is 19.3. The van der Waals surface area contributed by atoms with Crippen LogP contribution in [0, 0.1) is 6.92 Å². The highest BCUT2D eigenvalue weighted by molar-refractivity contribution is 6.09. The molecule has 0 unspecified atom stereocenters. The maximum absolute atomic E-state index is 14.1. The van der Waals surface area contributed by atoms with Crippen molar-refractivity contribution in [2.75, 3.05) is 10.2 Å². The van der Waals surface area contributed by atoms with Gasteiger partial charge in [-0.15, -0.1) is 0 Å². The quantitative estimate of drug-likeness (QED) is 0.439. The highest BCUT2D eigenvalue weighted by Gasteiger charge is 2.38. The van der Waals surface area contributed by atoms with Crippen LogP contribution in [0.1, 0.15) is 27.2 Å². The zero-order valence-electron chi connectivity index (χ0n) is 17.5. The van der Waals surface area contributed by atoms with Crippen LogP contribution in [-0.2, 0) is 12.7 Å². The molecule has 0 saturated heterocycles. The van der Waals surface area contributed by atoms with E-state index in [1.807, 2.05) is 0 Å². The van der Waals surface area contributed by atoms with E-state index in [9.17, 15) is 18.0 Å². The van der Waals surface area contributed by atoms with E-state index in [1.165, 1.54) is 21.7 Å². The number of pyridine rings is 1. The Kier molecular flexibility index (Phi) is 4.88. The molecule has 0 aliphatic carbocycles. The van der Waals surface area contributed by atoms with Crippen molar-refractivity contribution in [1.82, 2.24) is 14.8 Å². The molecule has 0 fully saturated rings. The van der Waals surface area contributed by atoms with E-state index in [0.717, 1.165) is 6.07 Å². The van der Waals surface area contributed by atoms with Crippen LogP contribution in [0.3, 0.4) is 0 Å². The van der Waals surface area contributed by atoms with Crippen LogP contribution in [-0.4, -0.2) is 20.7 Å². The molecule has 2 aromatic heterocycles. The van der Waals surface area contributed by atoms with E-state index in [1.54, 1.807) is 61.8 Å². The normalized spacial score (nSPS) is 13.0. The van der Waals surface area contributed by atoms with Gasteiger partial charge in [-0.25, -0.2) is 9.67 Å². The number of para-hydroxylation sites is 2. The molecule has 1 N–H and O–H groups in total. The molecular formula is C24H18F3N5O. The number of hydrogen-bond acceptors (Lipinski definition) is 4. The number of aryl methyl sites for hydroxylation is 1. The number of benzene rings is 2. The first-order valence-corrected chi connectivity index (χ1v) is 10.2. The Morgan fingerprint density at radius 1 is 1.06 bits per heavy atom. The third kappa shape index (κ3) is 3.82. The van der Waals surface area contributed by atoms with Gasteiger partial charge < -0.3 is 10.2 Å². The molecule has 3 heterocycles. The second kappa shape index (κ2) is 7.77. The smallest absolute Gasteiger partial charge is 0.338 e. The number of carbonyl (C=O) groups is 1. The third-order valence-corrected chi connectivity index (χ3v) is 5.44. The Morgan fingerprint density at radius 2 is 1.88 bits per heavy atom. The summed E-state index contributed by atoms with van der Waals surface area (Å²) in [6.45, 7) is 1.82. The van der Waals surface area contributed by atoms with E-state index in [0.29, 0.717) is 28.5 Å². The minimum atomic E-state index is -4.73. The van der Waals surface area contributed by atoms with E-state index in [-0.39, 0.29) is 12.2 Å². The number of aromatic nitrogens is 3. The van der Waals surface area contributed by atoms with Gasteiger partial charge in [0.1, 0.15) is 5.82 Å². The van der Waals surface area contributed by atoms with Crippen molar-refractivity contribution in [3.8, 4) is 5.69 Å². The number of fused-ring (bicyclic) bond motifs is 2. The van der Waals surface area contributed by atoms with Gasteiger partial charge in [-0.05, 0) is 49.4 Å². The molecule has 33 heavy (non-hydrogen) atoms. The molecule has 0 saturated carbocycles. The first-order valence-electron chi connectivity index (χ1n) is 10.2. The molecule has 1 aliphatic heterocycles. The van der Waals surface area contributed by atoms with Crippen LogP contribution in [0.4, 0.5) is 30.4 Å². The molecule has 6 nitrogen and oxygen atoms in total. The van der Waals surface area contributed by atoms with Gasteiger partial charge in [0.05, 0.1) is 40.4 Å². The predicted molar refractivity (Wildman–Crippen MR) is 118 cm³/mol. The highest BCUT2D eigenvalue weighted by atomic mass is 19.4. The van der Waals surface area contributed by atoms with E-state index >= 15 is 0 Å². The molecule has 166 valence electrons. The van der Waals surface area contributed by atoms with Crippen molar-refractivity contribution in [2.24, 2.45) is 0 Å². The molecule has 0 radical (unpaired) electrons. The van der Waals surface area contributed by atoms with Crippen molar-refractivity contribution in [1.29, 1.82) is 0 Å². The molecule has 1 aliphatic rings. The van der Waals surface area contributed by atoms with Crippen molar-refractivity contribution < 1.29 is 18.0 Å². The van der Waals surface area contributed by atoms with Crippen LogP contribution in [0.25, 0.3) is 5.69 Å². The first-order chi connectivity index (χ1) is 15.8. The standard InChI is InChI=1S/C24H18F3N5O/c1-15-10-12-32(30-15)17-8-9-18(19(13-17)24(25,26)27)23(33)31-14-16-5-4-11-28-22(16)29-20-6-2-3-7-21(20)31/h2-13H,14H2,1H3,(H,28,29). The van der Waals surface area contributed by atoms with Gasteiger partial charge in [0.15, 0.2) is 0 Å². The molecular weight excluding hydrogens is 431 g/mol. The van der Waals surface area contributed by atoms with Crippen LogP contribution in [0.15, 0.2) is 73.1 Å². The number of anilines is 3. The lowest BCUT2D eigenvalue weighted by molar-refractivity contribution is -0.137. The Labute approximate surface area is 187 Å². The maximum Gasteiger partial charge on any atom is 0.417 e. The summed E-state index contributed by atoms with van der Waals surface area (Å²) in [5.41, 5.74) is 1.20. The topological polar surface area (TPSA) is 63.1 Å². The molecule has 0 spiro atoms. The average molecular weight is 449 g/mol. The number of nitrogens with one attached hydrogen (secondary N) is 1. The second-order valence-electron chi connectivity index (χ2n) is 7.67. The van der Waals surface area contributed by atoms with E-state index < -0.39 is 23.2 Å². The van der Waals surface area contributed by atoms with Gasteiger partial charge in [-0.1, -0.05) is 18.2 Å². The maximum atomic E-state index is 14.1. The number of nitrogens with zero attached hydrogens (tertiary/aromatic N) is 4. The molecule has 5 rings (SSSR count). The fourth-order valence-corrected chi connectivity index (χ4v) is 3.86. The fraction of sp³-hybridized carbons (Fsp3) is 0.125.